The normalized spacial score (nSPS) is 18.0. The minimum atomic E-state index is -0.167. The lowest BCUT2D eigenvalue weighted by molar-refractivity contribution is 0.0609. The molecule has 8 heteroatoms. The van der Waals surface area contributed by atoms with Gasteiger partial charge in [-0.05, 0) is 75.3 Å². The monoisotopic (exact) mass is 611 g/mol. The number of pyridine rings is 1. The molecule has 0 spiro atoms. The van der Waals surface area contributed by atoms with E-state index < -0.39 is 0 Å². The molecule has 44 heavy (non-hydrogen) atoms. The van der Waals surface area contributed by atoms with Gasteiger partial charge >= 0.3 is 0 Å². The molecule has 2 aliphatic heterocycles. The summed E-state index contributed by atoms with van der Waals surface area (Å²) in [5.74, 6) is -0.167. The Balaban J connectivity index is 1.39. The quantitative estimate of drug-likeness (QED) is 0.275. The molecular weight excluding hydrogens is 570 g/mol. The van der Waals surface area contributed by atoms with Crippen LogP contribution in [-0.2, 0) is 6.54 Å². The van der Waals surface area contributed by atoms with Crippen LogP contribution in [0.15, 0.2) is 83.7 Å². The average molecular weight is 612 g/mol. The van der Waals surface area contributed by atoms with Gasteiger partial charge in [-0.1, -0.05) is 67.1 Å². The first-order chi connectivity index (χ1) is 21.4. The van der Waals surface area contributed by atoms with Crippen molar-refractivity contribution in [3.05, 3.63) is 111 Å². The van der Waals surface area contributed by atoms with Crippen LogP contribution < -0.4 is 10.9 Å². The van der Waals surface area contributed by atoms with E-state index in [1.165, 1.54) is 12.8 Å². The highest BCUT2D eigenvalue weighted by atomic mass is 35.5. The highest BCUT2D eigenvalue weighted by Gasteiger charge is 2.30. The van der Waals surface area contributed by atoms with Crippen molar-refractivity contribution in [1.82, 2.24) is 24.6 Å². The Kier molecular flexibility index (Phi) is 9.47. The number of fused-ring (bicyclic) bond motifs is 1. The van der Waals surface area contributed by atoms with E-state index in [2.05, 4.69) is 34.0 Å². The molecule has 1 N–H and O–H groups in total. The zero-order chi connectivity index (χ0) is 30.6. The maximum Gasteiger partial charge on any atom is 0.263 e. The van der Waals surface area contributed by atoms with Crippen LogP contribution in [0, 0.1) is 0 Å². The van der Waals surface area contributed by atoms with E-state index in [-0.39, 0.29) is 17.5 Å². The Morgan fingerprint density at radius 1 is 0.864 bits per heavy atom. The summed E-state index contributed by atoms with van der Waals surface area (Å²) in [6, 6.07) is 25.4. The van der Waals surface area contributed by atoms with Crippen molar-refractivity contribution in [3.8, 4) is 5.69 Å². The first-order valence-corrected chi connectivity index (χ1v) is 16.2. The predicted octanol–water partition coefficient (Wildman–Crippen LogP) is 5.74. The molecule has 3 heterocycles. The summed E-state index contributed by atoms with van der Waals surface area (Å²) in [6.07, 6.45) is 3.17. The molecule has 1 aromatic heterocycles. The smallest absolute Gasteiger partial charge is 0.263 e. The number of benzene rings is 3. The first-order valence-electron chi connectivity index (χ1n) is 15.9. The third-order valence-electron chi connectivity index (χ3n) is 9.40. The zero-order valence-corrected chi connectivity index (χ0v) is 26.5. The second kappa shape index (κ2) is 13.7. The molecule has 3 aromatic carbocycles. The minimum absolute atomic E-state index is 0.130. The second-order valence-corrected chi connectivity index (χ2v) is 12.6. The fraction of sp³-hybridized carbons (Fsp3) is 0.389. The van der Waals surface area contributed by atoms with E-state index in [1.54, 1.807) is 16.7 Å². The van der Waals surface area contributed by atoms with E-state index in [0.717, 1.165) is 51.3 Å². The van der Waals surface area contributed by atoms with Crippen LogP contribution in [-0.4, -0.2) is 77.5 Å². The van der Waals surface area contributed by atoms with E-state index in [4.69, 9.17) is 11.6 Å². The Bertz CT molecular complexity index is 1640. The topological polar surface area (TPSA) is 60.8 Å². The second-order valence-electron chi connectivity index (χ2n) is 12.2. The van der Waals surface area contributed by atoms with Gasteiger partial charge in [0.1, 0.15) is 0 Å². The van der Waals surface area contributed by atoms with Crippen LogP contribution in [0.3, 0.4) is 0 Å². The van der Waals surface area contributed by atoms with E-state index >= 15 is 0 Å². The van der Waals surface area contributed by atoms with E-state index in [1.807, 2.05) is 66.7 Å². The molecular formula is C36H42ClN5O2. The number of carbonyl (C=O) groups is 1. The van der Waals surface area contributed by atoms with Gasteiger partial charge in [-0.25, -0.2) is 0 Å². The standard InChI is InChI=1S/C36H42ClN5O2/c1-3-32(26-9-5-4-6-10-26)38-35(43)34-30-11-7-8-12-31(30)36(44)42(29-15-13-27(37)14-16-29)33(34)25-40-21-23-41(24-22-40)28-17-19-39(2)20-18-28/h4-16,28,32H,3,17-25H2,1-2H3,(H,38,43)/t32-/m0/s1. The van der Waals surface area contributed by atoms with Gasteiger partial charge in [0.05, 0.1) is 17.3 Å². The molecule has 0 unspecified atom stereocenters. The number of nitrogens with zero attached hydrogens (tertiary/aromatic N) is 4. The van der Waals surface area contributed by atoms with Crippen molar-refractivity contribution in [2.75, 3.05) is 46.3 Å². The molecule has 2 aliphatic rings. The Labute approximate surface area is 265 Å². The fourth-order valence-corrected chi connectivity index (χ4v) is 6.99. The number of hydrogen-bond donors (Lipinski definition) is 1. The molecule has 1 amide bonds. The van der Waals surface area contributed by atoms with E-state index in [9.17, 15) is 9.59 Å². The number of hydrogen-bond acceptors (Lipinski definition) is 5. The molecule has 0 saturated carbocycles. The number of nitrogens with one attached hydrogen (secondary N) is 1. The number of halogens is 1. The van der Waals surface area contributed by atoms with Crippen LogP contribution >= 0.6 is 11.6 Å². The highest BCUT2D eigenvalue weighted by Crippen LogP contribution is 2.27. The van der Waals surface area contributed by atoms with Crippen molar-refractivity contribution < 1.29 is 4.79 Å². The van der Waals surface area contributed by atoms with Crippen LogP contribution in [0.1, 0.15) is 53.8 Å². The summed E-state index contributed by atoms with van der Waals surface area (Å²) in [4.78, 5) is 36.1. The van der Waals surface area contributed by atoms with Gasteiger partial charge in [-0.3, -0.25) is 24.0 Å². The van der Waals surface area contributed by atoms with Gasteiger partial charge in [0.25, 0.3) is 11.5 Å². The minimum Gasteiger partial charge on any atom is -0.345 e. The summed E-state index contributed by atoms with van der Waals surface area (Å²) in [5, 5.41) is 5.13. The maximum absolute atomic E-state index is 14.4. The predicted molar refractivity (Wildman–Crippen MR) is 179 cm³/mol. The van der Waals surface area contributed by atoms with Gasteiger partial charge in [0, 0.05) is 60.2 Å². The first kappa shape index (κ1) is 30.5. The summed E-state index contributed by atoms with van der Waals surface area (Å²) in [6.45, 7) is 8.61. The number of aromatic nitrogens is 1. The van der Waals surface area contributed by atoms with Gasteiger partial charge in [-0.15, -0.1) is 0 Å². The number of amides is 1. The van der Waals surface area contributed by atoms with Crippen LogP contribution in [0.5, 0.6) is 0 Å². The van der Waals surface area contributed by atoms with Gasteiger partial charge in [-0.2, -0.15) is 0 Å². The van der Waals surface area contributed by atoms with Crippen molar-refractivity contribution >= 4 is 28.3 Å². The Morgan fingerprint density at radius 3 is 2.16 bits per heavy atom. The molecule has 0 bridgehead atoms. The Hall–Kier alpha value is -3.49. The molecule has 1 atom stereocenters. The molecule has 0 aliphatic carbocycles. The lowest BCUT2D eigenvalue weighted by atomic mass is 9.99. The SMILES string of the molecule is CC[C@H](NC(=O)c1c(CN2CCN(C3CCN(C)CC3)CC2)n(-c2ccc(Cl)cc2)c(=O)c2ccccc12)c1ccccc1. The van der Waals surface area contributed by atoms with Gasteiger partial charge < -0.3 is 10.2 Å². The average Bonchev–Trinajstić information content (AvgIpc) is 3.06. The lowest BCUT2D eigenvalue weighted by Crippen LogP contribution is -2.52. The van der Waals surface area contributed by atoms with Crippen LogP contribution in [0.2, 0.25) is 5.02 Å². The summed E-state index contributed by atoms with van der Waals surface area (Å²) < 4.78 is 1.74. The molecule has 6 rings (SSSR count). The van der Waals surface area contributed by atoms with E-state index in [0.29, 0.717) is 45.3 Å². The molecule has 4 aromatic rings. The number of piperidine rings is 1. The molecule has 230 valence electrons. The summed E-state index contributed by atoms with van der Waals surface area (Å²) in [7, 11) is 2.20. The molecule has 0 radical (unpaired) electrons. The van der Waals surface area contributed by atoms with Gasteiger partial charge in [0.2, 0.25) is 0 Å². The molecule has 7 nitrogen and oxygen atoms in total. The zero-order valence-electron chi connectivity index (χ0n) is 25.7. The summed E-state index contributed by atoms with van der Waals surface area (Å²) >= 11 is 6.26. The fourth-order valence-electron chi connectivity index (χ4n) is 6.86. The number of piperazine rings is 1. The number of carbonyl (C=O) groups excluding carboxylic acids is 1. The van der Waals surface area contributed by atoms with Crippen molar-refractivity contribution in [1.29, 1.82) is 0 Å². The third kappa shape index (κ3) is 6.47. The summed E-state index contributed by atoms with van der Waals surface area (Å²) in [5.41, 5.74) is 2.90. The Morgan fingerprint density at radius 2 is 1.50 bits per heavy atom. The van der Waals surface area contributed by atoms with Gasteiger partial charge in [0.15, 0.2) is 0 Å². The van der Waals surface area contributed by atoms with Crippen molar-refractivity contribution in [2.24, 2.45) is 0 Å². The van der Waals surface area contributed by atoms with Crippen molar-refractivity contribution in [2.45, 2.75) is 44.8 Å². The lowest BCUT2D eigenvalue weighted by Gasteiger charge is -2.42. The van der Waals surface area contributed by atoms with Crippen molar-refractivity contribution in [3.63, 3.8) is 0 Å². The molecule has 2 saturated heterocycles. The third-order valence-corrected chi connectivity index (χ3v) is 9.65. The molecule has 2 fully saturated rings. The maximum atomic E-state index is 14.4. The number of rotatable bonds is 8. The number of likely N-dealkylation sites (tertiary alicyclic amines) is 1. The largest absolute Gasteiger partial charge is 0.345 e. The van der Waals surface area contributed by atoms with Crippen LogP contribution in [0.4, 0.5) is 0 Å². The van der Waals surface area contributed by atoms with Crippen LogP contribution in [0.25, 0.3) is 16.5 Å². The highest BCUT2D eigenvalue weighted by molar-refractivity contribution is 6.30.